The number of rotatable bonds is 4. The molecule has 4 aromatic heterocycles. The molecular formula is C22H16N3S2+. The molecule has 1 N–H and O–H groups in total. The molecule has 1 aromatic carbocycles. The third-order valence-corrected chi connectivity index (χ3v) is 6.42. The number of aromatic amines is 1. The van der Waals surface area contributed by atoms with E-state index in [1.165, 1.54) is 14.6 Å². The Bertz CT molecular complexity index is 1180. The van der Waals surface area contributed by atoms with Crippen LogP contribution >= 0.6 is 22.7 Å². The standard InChI is InChI=1S/C22H16N3S2/c1-2-5-19-18(4-1)23-22(24-19)25-13-11-16(12-14-25)7-8-17-9-10-21(27-17)20-6-3-15-26-20/h1-15H,(H,23,24)/q+1/b8-7+. The van der Waals surface area contributed by atoms with Crippen molar-refractivity contribution in [3.05, 3.63) is 88.9 Å². The van der Waals surface area contributed by atoms with Crippen molar-refractivity contribution < 1.29 is 4.57 Å². The molecule has 0 saturated carbocycles. The van der Waals surface area contributed by atoms with Crippen molar-refractivity contribution in [2.75, 3.05) is 0 Å². The first-order valence-corrected chi connectivity index (χ1v) is 10.3. The highest BCUT2D eigenvalue weighted by Crippen LogP contribution is 2.32. The van der Waals surface area contributed by atoms with E-state index >= 15 is 0 Å². The highest BCUT2D eigenvalue weighted by atomic mass is 32.1. The summed E-state index contributed by atoms with van der Waals surface area (Å²) in [5, 5.41) is 2.12. The summed E-state index contributed by atoms with van der Waals surface area (Å²) in [6.07, 6.45) is 8.38. The summed E-state index contributed by atoms with van der Waals surface area (Å²) in [5.74, 6) is 0.825. The van der Waals surface area contributed by atoms with E-state index in [0.29, 0.717) is 0 Å². The number of aromatic nitrogens is 3. The SMILES string of the molecule is C(=C\c1ccc(-c2cccs2)s1)/c1cc[n+](-c2nc3ccccc3[nH]2)cc1. The van der Waals surface area contributed by atoms with Crippen LogP contribution in [0.25, 0.3) is 38.9 Å². The molecule has 0 spiro atoms. The number of pyridine rings is 1. The third kappa shape index (κ3) is 3.35. The van der Waals surface area contributed by atoms with Crippen LogP contribution in [0.15, 0.2) is 78.4 Å². The highest BCUT2D eigenvalue weighted by molar-refractivity contribution is 7.21. The topological polar surface area (TPSA) is 32.6 Å². The number of fused-ring (bicyclic) bond motifs is 1. The van der Waals surface area contributed by atoms with Crippen molar-refractivity contribution >= 4 is 45.9 Å². The van der Waals surface area contributed by atoms with Gasteiger partial charge in [-0.25, -0.2) is 9.55 Å². The van der Waals surface area contributed by atoms with Gasteiger partial charge >= 0.3 is 5.95 Å². The van der Waals surface area contributed by atoms with Gasteiger partial charge in [0.25, 0.3) is 0 Å². The molecule has 4 heterocycles. The summed E-state index contributed by atoms with van der Waals surface area (Å²) < 4.78 is 2.00. The normalized spacial score (nSPS) is 11.6. The van der Waals surface area contributed by atoms with Crippen molar-refractivity contribution in [3.63, 3.8) is 0 Å². The van der Waals surface area contributed by atoms with Crippen molar-refractivity contribution in [1.29, 1.82) is 0 Å². The molecule has 130 valence electrons. The summed E-state index contributed by atoms with van der Waals surface area (Å²) in [7, 11) is 0. The van der Waals surface area contributed by atoms with Crippen molar-refractivity contribution in [3.8, 4) is 15.7 Å². The number of imidazole rings is 1. The average molecular weight is 387 g/mol. The van der Waals surface area contributed by atoms with Crippen LogP contribution in [0.2, 0.25) is 0 Å². The average Bonchev–Trinajstić information content (AvgIpc) is 3.46. The van der Waals surface area contributed by atoms with Crippen LogP contribution < -0.4 is 4.57 Å². The molecule has 27 heavy (non-hydrogen) atoms. The maximum Gasteiger partial charge on any atom is 0.401 e. The minimum atomic E-state index is 0.825. The first-order valence-electron chi connectivity index (χ1n) is 8.63. The van der Waals surface area contributed by atoms with E-state index in [0.717, 1.165) is 22.5 Å². The fraction of sp³-hybridized carbons (Fsp3) is 0. The fourth-order valence-electron chi connectivity index (χ4n) is 2.92. The van der Waals surface area contributed by atoms with Crippen LogP contribution in [0.4, 0.5) is 0 Å². The second kappa shape index (κ2) is 6.95. The first kappa shape index (κ1) is 16.2. The Morgan fingerprint density at radius 2 is 1.74 bits per heavy atom. The quantitative estimate of drug-likeness (QED) is 0.389. The van der Waals surface area contributed by atoms with Gasteiger partial charge in [-0.3, -0.25) is 0 Å². The van der Waals surface area contributed by atoms with Gasteiger partial charge in [0.1, 0.15) is 5.52 Å². The molecule has 0 amide bonds. The lowest BCUT2D eigenvalue weighted by Crippen LogP contribution is -2.30. The lowest BCUT2D eigenvalue weighted by atomic mass is 10.2. The third-order valence-electron chi connectivity index (χ3n) is 4.31. The van der Waals surface area contributed by atoms with E-state index in [4.69, 9.17) is 0 Å². The molecule has 5 aromatic rings. The number of thiophene rings is 2. The first-order chi connectivity index (χ1) is 13.3. The molecule has 0 bridgehead atoms. The Labute approximate surface area is 164 Å². The van der Waals surface area contributed by atoms with Crippen LogP contribution in [0, 0.1) is 0 Å². The Kier molecular flexibility index (Phi) is 4.16. The lowest BCUT2D eigenvalue weighted by Gasteiger charge is -1.96. The molecule has 0 saturated heterocycles. The second-order valence-electron chi connectivity index (χ2n) is 6.13. The monoisotopic (exact) mass is 386 g/mol. The van der Waals surface area contributed by atoms with E-state index in [2.05, 4.69) is 63.9 Å². The minimum absolute atomic E-state index is 0.825. The fourth-order valence-corrected chi connectivity index (χ4v) is 4.67. The van der Waals surface area contributed by atoms with Gasteiger partial charge in [-0.2, -0.15) is 0 Å². The number of hydrogen-bond acceptors (Lipinski definition) is 3. The smallest absolute Gasteiger partial charge is 0.238 e. The summed E-state index contributed by atoms with van der Waals surface area (Å²) in [6, 6.07) is 20.9. The van der Waals surface area contributed by atoms with Gasteiger partial charge in [0.2, 0.25) is 0 Å². The van der Waals surface area contributed by atoms with Crippen molar-refractivity contribution in [1.82, 2.24) is 9.97 Å². The Balaban J connectivity index is 1.35. The molecule has 0 aliphatic heterocycles. The maximum atomic E-state index is 4.63. The van der Waals surface area contributed by atoms with E-state index in [1.807, 2.05) is 52.6 Å². The zero-order valence-electron chi connectivity index (χ0n) is 14.4. The molecule has 0 aliphatic carbocycles. The van der Waals surface area contributed by atoms with E-state index < -0.39 is 0 Å². The summed E-state index contributed by atoms with van der Waals surface area (Å²) in [4.78, 5) is 11.9. The maximum absolute atomic E-state index is 4.63. The zero-order valence-corrected chi connectivity index (χ0v) is 16.0. The number of hydrogen-bond donors (Lipinski definition) is 1. The number of benzene rings is 1. The predicted molar refractivity (Wildman–Crippen MR) is 114 cm³/mol. The molecule has 0 fully saturated rings. The van der Waals surface area contributed by atoms with Gasteiger partial charge < -0.3 is 0 Å². The Morgan fingerprint density at radius 1 is 0.852 bits per heavy atom. The molecule has 0 atom stereocenters. The molecule has 0 aliphatic rings. The molecule has 0 unspecified atom stereocenters. The molecular weight excluding hydrogens is 370 g/mol. The predicted octanol–water partition coefficient (Wildman–Crippen LogP) is 5.80. The molecule has 5 heteroatoms. The van der Waals surface area contributed by atoms with Gasteiger partial charge in [-0.05, 0) is 59.5 Å². The van der Waals surface area contributed by atoms with Crippen molar-refractivity contribution in [2.24, 2.45) is 0 Å². The van der Waals surface area contributed by atoms with Gasteiger partial charge in [-0.1, -0.05) is 29.3 Å². The van der Waals surface area contributed by atoms with Gasteiger partial charge in [-0.15, -0.1) is 22.7 Å². The summed E-state index contributed by atoms with van der Waals surface area (Å²) in [6.45, 7) is 0. The Morgan fingerprint density at radius 3 is 2.56 bits per heavy atom. The molecule has 0 radical (unpaired) electrons. The van der Waals surface area contributed by atoms with Gasteiger partial charge in [0.05, 0.1) is 12.4 Å². The van der Waals surface area contributed by atoms with Crippen molar-refractivity contribution in [2.45, 2.75) is 0 Å². The van der Waals surface area contributed by atoms with E-state index in [1.54, 1.807) is 11.3 Å². The van der Waals surface area contributed by atoms with E-state index in [9.17, 15) is 0 Å². The summed E-state index contributed by atoms with van der Waals surface area (Å²) >= 11 is 3.60. The Hall–Kier alpha value is -3.02. The molecule has 3 nitrogen and oxygen atoms in total. The number of nitrogens with one attached hydrogen (secondary N) is 1. The van der Waals surface area contributed by atoms with Gasteiger partial charge in [0.15, 0.2) is 5.52 Å². The van der Waals surface area contributed by atoms with E-state index in [-0.39, 0.29) is 0 Å². The highest BCUT2D eigenvalue weighted by Gasteiger charge is 2.12. The second-order valence-corrected chi connectivity index (χ2v) is 8.19. The summed E-state index contributed by atoms with van der Waals surface area (Å²) in [5.41, 5.74) is 3.18. The largest absolute Gasteiger partial charge is 0.401 e. The van der Waals surface area contributed by atoms with Crippen LogP contribution in [0.1, 0.15) is 10.4 Å². The van der Waals surface area contributed by atoms with Crippen LogP contribution in [0.3, 0.4) is 0 Å². The number of H-pyrrole nitrogens is 1. The van der Waals surface area contributed by atoms with Crippen LogP contribution in [-0.4, -0.2) is 9.97 Å². The molecule has 5 rings (SSSR count). The lowest BCUT2D eigenvalue weighted by molar-refractivity contribution is -0.603. The minimum Gasteiger partial charge on any atom is -0.238 e. The zero-order chi connectivity index (χ0) is 18.1. The number of nitrogens with zero attached hydrogens (tertiary/aromatic N) is 2. The number of para-hydroxylation sites is 2. The van der Waals surface area contributed by atoms with Crippen LogP contribution in [0.5, 0.6) is 0 Å². The van der Waals surface area contributed by atoms with Gasteiger partial charge in [0, 0.05) is 14.6 Å². The van der Waals surface area contributed by atoms with Crippen LogP contribution in [-0.2, 0) is 0 Å².